The van der Waals surface area contributed by atoms with Crippen LogP contribution in [0.2, 0.25) is 5.02 Å². The van der Waals surface area contributed by atoms with Crippen LogP contribution >= 0.6 is 23.8 Å². The molecule has 31 heavy (non-hydrogen) atoms. The number of halogens is 1. The number of allylic oxidation sites excluding steroid dienone is 1. The molecule has 0 spiro atoms. The third-order valence-corrected chi connectivity index (χ3v) is 6.22. The van der Waals surface area contributed by atoms with E-state index in [-0.39, 0.29) is 5.91 Å². The number of fused-ring (bicyclic) bond motifs is 1. The van der Waals surface area contributed by atoms with E-state index in [0.717, 1.165) is 20.9 Å². The van der Waals surface area contributed by atoms with Crippen molar-refractivity contribution in [2.45, 2.75) is 38.1 Å². The predicted octanol–water partition coefficient (Wildman–Crippen LogP) is 4.27. The monoisotopic (exact) mass is 452 g/mol. The number of hydrogen-bond donors (Lipinski definition) is 1. The lowest BCUT2D eigenvalue weighted by atomic mass is 10.00. The van der Waals surface area contributed by atoms with Gasteiger partial charge in [0.15, 0.2) is 0 Å². The first-order valence-electron chi connectivity index (χ1n) is 10.1. The summed E-state index contributed by atoms with van der Waals surface area (Å²) in [6.45, 7) is 3.74. The molecule has 2 aromatic carbocycles. The first kappa shape index (κ1) is 21.4. The van der Waals surface area contributed by atoms with Gasteiger partial charge in [-0.1, -0.05) is 48.6 Å². The minimum absolute atomic E-state index is 0.342. The van der Waals surface area contributed by atoms with Gasteiger partial charge < -0.3 is 5.32 Å². The quantitative estimate of drug-likeness (QED) is 0.525. The summed E-state index contributed by atoms with van der Waals surface area (Å²) in [4.78, 5) is 40.1. The zero-order valence-electron chi connectivity index (χ0n) is 16.8. The van der Waals surface area contributed by atoms with Crippen molar-refractivity contribution >= 4 is 46.4 Å². The molecule has 1 saturated heterocycles. The summed E-state index contributed by atoms with van der Waals surface area (Å²) in [7, 11) is 0. The Labute approximate surface area is 191 Å². The molecule has 0 aromatic heterocycles. The maximum absolute atomic E-state index is 13.0. The van der Waals surface area contributed by atoms with Crippen molar-refractivity contribution < 1.29 is 14.4 Å². The molecule has 0 aliphatic carbocycles. The summed E-state index contributed by atoms with van der Waals surface area (Å²) in [5.41, 5.74) is 3.34. The number of thiocarbonyl (C=S) groups is 1. The molecule has 1 N–H and O–H groups in total. The first-order valence-corrected chi connectivity index (χ1v) is 10.9. The Hall–Kier alpha value is -2.83. The second-order valence-electron chi connectivity index (χ2n) is 7.85. The number of piperidine rings is 1. The maximum Gasteiger partial charge on any atom is 0.262 e. The normalized spacial score (nSPS) is 18.2. The standard InChI is InChI=1S/C24H21ClN2O3S/c1-14-2-11-21(22(28)26-14)27-23(29)19-10-6-16(13-20(19)24(27)30)5-9-18(31)12-15-3-7-17(25)8-4-15/h3-4,6-8,10,13,21H,1-2,5,9,11-12H2,(H,26,28). The molecule has 7 heteroatoms. The zero-order valence-corrected chi connectivity index (χ0v) is 18.4. The highest BCUT2D eigenvalue weighted by Gasteiger charge is 2.43. The maximum atomic E-state index is 13.0. The van der Waals surface area contributed by atoms with Crippen LogP contribution in [0.1, 0.15) is 51.1 Å². The lowest BCUT2D eigenvalue weighted by Gasteiger charge is -2.29. The van der Waals surface area contributed by atoms with E-state index in [1.807, 2.05) is 30.3 Å². The molecular formula is C24H21ClN2O3S. The van der Waals surface area contributed by atoms with E-state index < -0.39 is 17.9 Å². The van der Waals surface area contributed by atoms with Gasteiger partial charge in [0, 0.05) is 17.1 Å². The fourth-order valence-electron chi connectivity index (χ4n) is 3.96. The van der Waals surface area contributed by atoms with Crippen LogP contribution in [0.4, 0.5) is 0 Å². The number of aryl methyl sites for hydroxylation is 1. The minimum atomic E-state index is -0.798. The molecule has 0 saturated carbocycles. The van der Waals surface area contributed by atoms with Gasteiger partial charge in [-0.2, -0.15) is 0 Å². The third kappa shape index (κ3) is 4.45. The molecule has 3 amide bonds. The molecule has 2 aliphatic rings. The number of rotatable bonds is 6. The van der Waals surface area contributed by atoms with Gasteiger partial charge in [0.25, 0.3) is 11.8 Å². The van der Waals surface area contributed by atoms with Crippen LogP contribution < -0.4 is 5.32 Å². The molecule has 2 heterocycles. The summed E-state index contributed by atoms with van der Waals surface area (Å²) in [6.07, 6.45) is 2.98. The van der Waals surface area contributed by atoms with Crippen molar-refractivity contribution in [2.24, 2.45) is 0 Å². The van der Waals surface area contributed by atoms with Gasteiger partial charge in [-0.15, -0.1) is 0 Å². The Balaban J connectivity index is 1.43. The second kappa shape index (κ2) is 8.73. The van der Waals surface area contributed by atoms with Crippen molar-refractivity contribution in [3.63, 3.8) is 0 Å². The fraction of sp³-hybridized carbons (Fsp3) is 0.250. The van der Waals surface area contributed by atoms with E-state index in [1.54, 1.807) is 12.1 Å². The van der Waals surface area contributed by atoms with Crippen LogP contribution in [0.25, 0.3) is 0 Å². The van der Waals surface area contributed by atoms with E-state index in [9.17, 15) is 14.4 Å². The van der Waals surface area contributed by atoms with Crippen molar-refractivity contribution in [1.82, 2.24) is 10.2 Å². The van der Waals surface area contributed by atoms with E-state index in [1.165, 1.54) is 0 Å². The number of carbonyl (C=O) groups is 3. The smallest absolute Gasteiger partial charge is 0.262 e. The Morgan fingerprint density at radius 3 is 2.45 bits per heavy atom. The molecule has 4 rings (SSSR count). The Kier molecular flexibility index (Phi) is 6.03. The highest BCUT2D eigenvalue weighted by atomic mass is 35.5. The Bertz CT molecular complexity index is 1110. The predicted molar refractivity (Wildman–Crippen MR) is 123 cm³/mol. The van der Waals surface area contributed by atoms with Crippen molar-refractivity contribution in [1.29, 1.82) is 0 Å². The number of nitrogens with one attached hydrogen (secondary N) is 1. The van der Waals surface area contributed by atoms with Crippen LogP contribution in [0.3, 0.4) is 0 Å². The lowest BCUT2D eigenvalue weighted by Crippen LogP contribution is -2.51. The number of nitrogens with zero attached hydrogens (tertiary/aromatic N) is 1. The summed E-state index contributed by atoms with van der Waals surface area (Å²) >= 11 is 11.4. The van der Waals surface area contributed by atoms with Gasteiger partial charge in [-0.05, 0) is 65.9 Å². The molecule has 2 aliphatic heterocycles. The van der Waals surface area contributed by atoms with Gasteiger partial charge in [0.2, 0.25) is 5.91 Å². The number of hydrogen-bond acceptors (Lipinski definition) is 4. The van der Waals surface area contributed by atoms with Crippen molar-refractivity contribution in [2.75, 3.05) is 0 Å². The van der Waals surface area contributed by atoms with Crippen LogP contribution in [-0.2, 0) is 17.6 Å². The minimum Gasteiger partial charge on any atom is -0.329 e. The highest BCUT2D eigenvalue weighted by Crippen LogP contribution is 2.29. The van der Waals surface area contributed by atoms with Crippen LogP contribution in [0.5, 0.6) is 0 Å². The molecule has 1 unspecified atom stereocenters. The molecule has 1 atom stereocenters. The van der Waals surface area contributed by atoms with Crippen molar-refractivity contribution in [3.05, 3.63) is 82.0 Å². The van der Waals surface area contributed by atoms with E-state index in [4.69, 9.17) is 23.8 Å². The molecule has 0 bridgehead atoms. The lowest BCUT2D eigenvalue weighted by molar-refractivity contribution is -0.125. The largest absolute Gasteiger partial charge is 0.329 e. The van der Waals surface area contributed by atoms with Gasteiger partial charge >= 0.3 is 0 Å². The highest BCUT2D eigenvalue weighted by molar-refractivity contribution is 7.80. The number of carbonyl (C=O) groups excluding carboxylic acids is 3. The van der Waals surface area contributed by atoms with E-state index in [0.29, 0.717) is 54.0 Å². The molecule has 0 radical (unpaired) electrons. The Morgan fingerprint density at radius 2 is 1.74 bits per heavy atom. The fourth-order valence-corrected chi connectivity index (χ4v) is 4.35. The number of benzene rings is 2. The molecular weight excluding hydrogens is 432 g/mol. The van der Waals surface area contributed by atoms with E-state index >= 15 is 0 Å². The van der Waals surface area contributed by atoms with Crippen LogP contribution in [-0.4, -0.2) is 33.5 Å². The van der Waals surface area contributed by atoms with Gasteiger partial charge in [-0.25, -0.2) is 0 Å². The Morgan fingerprint density at radius 1 is 1.06 bits per heavy atom. The van der Waals surface area contributed by atoms with Crippen molar-refractivity contribution in [3.8, 4) is 0 Å². The summed E-state index contributed by atoms with van der Waals surface area (Å²) < 4.78 is 0. The SMILES string of the molecule is C=C1CCC(N2C(=O)c3ccc(CCC(=S)Cc4ccc(Cl)cc4)cc3C2=O)C(=O)N1. The second-order valence-corrected chi connectivity index (χ2v) is 8.86. The number of imide groups is 1. The molecule has 1 fully saturated rings. The average Bonchev–Trinajstić information content (AvgIpc) is 2.98. The van der Waals surface area contributed by atoms with Gasteiger partial charge in [0.1, 0.15) is 6.04 Å². The summed E-state index contributed by atoms with van der Waals surface area (Å²) in [5, 5.41) is 3.33. The zero-order chi connectivity index (χ0) is 22.1. The topological polar surface area (TPSA) is 66.5 Å². The number of amides is 3. The van der Waals surface area contributed by atoms with Crippen LogP contribution in [0, 0.1) is 0 Å². The average molecular weight is 453 g/mol. The molecule has 5 nitrogen and oxygen atoms in total. The summed E-state index contributed by atoms with van der Waals surface area (Å²) in [6, 6.07) is 12.1. The summed E-state index contributed by atoms with van der Waals surface area (Å²) in [5.74, 6) is -1.20. The van der Waals surface area contributed by atoms with Crippen LogP contribution in [0.15, 0.2) is 54.7 Å². The van der Waals surface area contributed by atoms with Gasteiger partial charge in [-0.3, -0.25) is 19.3 Å². The van der Waals surface area contributed by atoms with E-state index in [2.05, 4.69) is 11.9 Å². The first-order chi connectivity index (χ1) is 14.8. The molecule has 2 aromatic rings. The third-order valence-electron chi connectivity index (χ3n) is 5.62. The molecule has 158 valence electrons. The van der Waals surface area contributed by atoms with Gasteiger partial charge in [0.05, 0.1) is 11.1 Å².